The van der Waals surface area contributed by atoms with Crippen LogP contribution < -0.4 is 15.9 Å². The summed E-state index contributed by atoms with van der Waals surface area (Å²) in [5.74, 6) is 0.757. The number of hydrogen-bond donors (Lipinski definition) is 2. The first-order valence-electron chi connectivity index (χ1n) is 9.75. The Hall–Kier alpha value is -4.19. The molecule has 3 N–H and O–H groups in total. The van der Waals surface area contributed by atoms with Gasteiger partial charge in [-0.05, 0) is 59.2 Å². The van der Waals surface area contributed by atoms with E-state index in [-0.39, 0.29) is 17.3 Å². The number of ether oxygens (including phenoxy) is 1. The number of amides is 1. The molecular formula is C21H20N8O3S. The Balaban J connectivity index is 1.55. The maximum Gasteiger partial charge on any atom is 0.293 e. The van der Waals surface area contributed by atoms with Crippen LogP contribution in [-0.4, -0.2) is 44.5 Å². The van der Waals surface area contributed by atoms with Gasteiger partial charge in [-0.25, -0.2) is 10.1 Å². The number of nitrogens with one attached hydrogen (secondary N) is 1. The molecule has 168 valence electrons. The fourth-order valence-electron chi connectivity index (χ4n) is 2.81. The largest absolute Gasteiger partial charge is 0.497 e. The van der Waals surface area contributed by atoms with Crippen molar-refractivity contribution in [1.82, 2.24) is 30.7 Å². The first-order valence-corrected chi connectivity index (χ1v) is 10.7. The molecule has 12 heteroatoms. The van der Waals surface area contributed by atoms with Crippen molar-refractivity contribution in [3.63, 3.8) is 0 Å². The standard InChI is InChI=1S/C21H20N8O3S/c1-13-3-9-16(10-4-13)33-12-17-18(24-28-29(17)20-19(22)26-32-27-20)21(30)25-23-11-14-5-7-15(31-2)8-6-14/h3-11H,12H2,1-2H3,(H2,22,26)(H,25,30). The van der Waals surface area contributed by atoms with E-state index in [1.807, 2.05) is 43.3 Å². The molecule has 2 heterocycles. The predicted octanol–water partition coefficient (Wildman–Crippen LogP) is 2.61. The molecule has 0 aliphatic rings. The number of aromatic nitrogens is 5. The molecule has 0 aliphatic carbocycles. The van der Waals surface area contributed by atoms with Crippen LogP contribution in [0.4, 0.5) is 5.82 Å². The molecule has 0 saturated carbocycles. The van der Waals surface area contributed by atoms with Gasteiger partial charge in [-0.15, -0.1) is 16.9 Å². The first kappa shape index (κ1) is 22.0. The Morgan fingerprint density at radius 3 is 2.64 bits per heavy atom. The van der Waals surface area contributed by atoms with Gasteiger partial charge in [0, 0.05) is 10.6 Å². The minimum absolute atomic E-state index is 0.0333. The van der Waals surface area contributed by atoms with Crippen molar-refractivity contribution in [2.24, 2.45) is 5.10 Å². The van der Waals surface area contributed by atoms with E-state index in [1.165, 1.54) is 22.7 Å². The van der Waals surface area contributed by atoms with Crippen molar-refractivity contribution < 1.29 is 14.2 Å². The zero-order valence-corrected chi connectivity index (χ0v) is 18.6. The lowest BCUT2D eigenvalue weighted by molar-refractivity contribution is 0.0949. The van der Waals surface area contributed by atoms with E-state index in [0.717, 1.165) is 21.8 Å². The van der Waals surface area contributed by atoms with Crippen LogP contribution in [0.15, 0.2) is 63.2 Å². The maximum atomic E-state index is 12.8. The first-order chi connectivity index (χ1) is 16.0. The van der Waals surface area contributed by atoms with Gasteiger partial charge in [-0.3, -0.25) is 4.79 Å². The van der Waals surface area contributed by atoms with Gasteiger partial charge in [0.15, 0.2) is 5.69 Å². The Labute approximate surface area is 193 Å². The van der Waals surface area contributed by atoms with E-state index in [2.05, 4.69) is 35.8 Å². The van der Waals surface area contributed by atoms with Crippen molar-refractivity contribution in [3.8, 4) is 11.6 Å². The van der Waals surface area contributed by atoms with Crippen LogP contribution in [0.1, 0.15) is 27.3 Å². The number of thioether (sulfide) groups is 1. The number of hydrogen-bond acceptors (Lipinski definition) is 10. The van der Waals surface area contributed by atoms with Gasteiger partial charge in [-0.1, -0.05) is 22.9 Å². The van der Waals surface area contributed by atoms with Crippen LogP contribution in [0.3, 0.4) is 0 Å². The third-order valence-corrected chi connectivity index (χ3v) is 5.59. The monoisotopic (exact) mass is 464 g/mol. The summed E-state index contributed by atoms with van der Waals surface area (Å²) in [6.45, 7) is 2.02. The number of benzene rings is 2. The van der Waals surface area contributed by atoms with Crippen LogP contribution >= 0.6 is 11.8 Å². The fraction of sp³-hybridized carbons (Fsp3) is 0.143. The number of methoxy groups -OCH3 is 1. The number of hydrazone groups is 1. The normalized spacial score (nSPS) is 11.1. The van der Waals surface area contributed by atoms with E-state index in [9.17, 15) is 4.79 Å². The number of aryl methyl sites for hydroxylation is 1. The number of anilines is 1. The van der Waals surface area contributed by atoms with Crippen LogP contribution in [0, 0.1) is 6.92 Å². The van der Waals surface area contributed by atoms with Crippen molar-refractivity contribution in [3.05, 3.63) is 71.0 Å². The van der Waals surface area contributed by atoms with E-state index >= 15 is 0 Å². The Kier molecular flexibility index (Phi) is 6.64. The molecule has 0 unspecified atom stereocenters. The average molecular weight is 465 g/mol. The molecule has 0 aliphatic heterocycles. The van der Waals surface area contributed by atoms with Gasteiger partial charge < -0.3 is 10.5 Å². The molecule has 11 nitrogen and oxygen atoms in total. The molecule has 0 fully saturated rings. The average Bonchev–Trinajstić information content (AvgIpc) is 3.44. The number of nitrogen functional groups attached to an aromatic ring is 1. The molecule has 2 aromatic carbocycles. The summed E-state index contributed by atoms with van der Waals surface area (Å²) in [4.78, 5) is 13.8. The quantitative estimate of drug-likeness (QED) is 0.228. The van der Waals surface area contributed by atoms with Crippen LogP contribution in [0.2, 0.25) is 0 Å². The topological polar surface area (TPSA) is 146 Å². The van der Waals surface area contributed by atoms with Crippen molar-refractivity contribution >= 4 is 29.7 Å². The lowest BCUT2D eigenvalue weighted by Crippen LogP contribution is -2.20. The molecule has 4 aromatic rings. The summed E-state index contributed by atoms with van der Waals surface area (Å²) in [5.41, 5.74) is 10.8. The lowest BCUT2D eigenvalue weighted by Gasteiger charge is -2.06. The minimum Gasteiger partial charge on any atom is -0.497 e. The second-order valence-corrected chi connectivity index (χ2v) is 7.89. The molecule has 4 rings (SSSR count). The Bertz CT molecular complexity index is 1270. The molecule has 0 spiro atoms. The summed E-state index contributed by atoms with van der Waals surface area (Å²) in [6, 6.07) is 15.2. The highest BCUT2D eigenvalue weighted by atomic mass is 32.2. The second kappa shape index (κ2) is 9.96. The molecule has 0 saturated heterocycles. The van der Waals surface area contributed by atoms with Crippen molar-refractivity contribution in [2.75, 3.05) is 12.8 Å². The highest BCUT2D eigenvalue weighted by molar-refractivity contribution is 7.98. The van der Waals surface area contributed by atoms with E-state index < -0.39 is 5.91 Å². The number of rotatable bonds is 8. The van der Waals surface area contributed by atoms with E-state index in [4.69, 9.17) is 10.5 Å². The van der Waals surface area contributed by atoms with E-state index in [0.29, 0.717) is 11.4 Å². The Morgan fingerprint density at radius 2 is 1.97 bits per heavy atom. The second-order valence-electron chi connectivity index (χ2n) is 6.84. The third kappa shape index (κ3) is 5.18. The predicted molar refractivity (Wildman–Crippen MR) is 122 cm³/mol. The zero-order chi connectivity index (χ0) is 23.2. The maximum absolute atomic E-state index is 12.8. The number of nitrogens with two attached hydrogens (primary N) is 1. The van der Waals surface area contributed by atoms with Gasteiger partial charge in [0.25, 0.3) is 5.91 Å². The zero-order valence-electron chi connectivity index (χ0n) is 17.8. The minimum atomic E-state index is -0.527. The van der Waals surface area contributed by atoms with Crippen LogP contribution in [0.25, 0.3) is 5.82 Å². The Morgan fingerprint density at radius 1 is 1.21 bits per heavy atom. The van der Waals surface area contributed by atoms with E-state index in [1.54, 1.807) is 19.2 Å². The van der Waals surface area contributed by atoms with Crippen LogP contribution in [0.5, 0.6) is 5.75 Å². The molecule has 1 amide bonds. The summed E-state index contributed by atoms with van der Waals surface area (Å²) < 4.78 is 11.1. The van der Waals surface area contributed by atoms with Crippen molar-refractivity contribution in [2.45, 2.75) is 17.6 Å². The van der Waals surface area contributed by atoms with Crippen molar-refractivity contribution in [1.29, 1.82) is 0 Å². The number of carbonyl (C=O) groups is 1. The number of carbonyl (C=O) groups excluding carboxylic acids is 1. The molecular weight excluding hydrogens is 444 g/mol. The molecule has 0 bridgehead atoms. The number of nitrogens with zero attached hydrogens (tertiary/aromatic N) is 6. The molecule has 2 aromatic heterocycles. The third-order valence-electron chi connectivity index (χ3n) is 4.57. The summed E-state index contributed by atoms with van der Waals surface area (Å²) in [6.07, 6.45) is 1.52. The van der Waals surface area contributed by atoms with Gasteiger partial charge >= 0.3 is 0 Å². The van der Waals surface area contributed by atoms with Gasteiger partial charge in [0.2, 0.25) is 11.6 Å². The summed E-state index contributed by atoms with van der Waals surface area (Å²) >= 11 is 1.51. The molecule has 0 radical (unpaired) electrons. The fourth-order valence-corrected chi connectivity index (χ4v) is 3.70. The summed E-state index contributed by atoms with van der Waals surface area (Å²) in [5, 5.41) is 19.4. The highest BCUT2D eigenvalue weighted by Gasteiger charge is 2.24. The van der Waals surface area contributed by atoms with Crippen LogP contribution in [-0.2, 0) is 5.75 Å². The van der Waals surface area contributed by atoms with Gasteiger partial charge in [0.1, 0.15) is 5.75 Å². The molecule has 33 heavy (non-hydrogen) atoms. The SMILES string of the molecule is COc1ccc(C=NNC(=O)c2nnn(-c3nonc3N)c2CSc2ccc(C)cc2)cc1. The van der Waals surface area contributed by atoms with Gasteiger partial charge in [0.05, 0.1) is 19.0 Å². The summed E-state index contributed by atoms with van der Waals surface area (Å²) in [7, 11) is 1.59. The molecule has 0 atom stereocenters. The lowest BCUT2D eigenvalue weighted by atomic mass is 10.2. The highest BCUT2D eigenvalue weighted by Crippen LogP contribution is 2.26. The smallest absolute Gasteiger partial charge is 0.293 e. The van der Waals surface area contributed by atoms with Gasteiger partial charge in [-0.2, -0.15) is 9.78 Å².